The number of rotatable bonds is 6. The van der Waals surface area contributed by atoms with Crippen LogP contribution < -0.4 is 0 Å². The van der Waals surface area contributed by atoms with Gasteiger partial charge in [-0.2, -0.15) is 0 Å². The highest BCUT2D eigenvalue weighted by Gasteiger charge is 2.36. The molecule has 27 heavy (non-hydrogen) atoms. The minimum Gasteiger partial charge on any atom is -0.308 e. The summed E-state index contributed by atoms with van der Waals surface area (Å²) < 4.78 is 0. The summed E-state index contributed by atoms with van der Waals surface area (Å²) in [4.78, 5) is 18.1. The Morgan fingerprint density at radius 3 is 2.52 bits per heavy atom. The van der Waals surface area contributed by atoms with Gasteiger partial charge in [0.05, 0.1) is 0 Å². The van der Waals surface area contributed by atoms with Gasteiger partial charge in [-0.05, 0) is 63.5 Å². The van der Waals surface area contributed by atoms with Crippen LogP contribution >= 0.6 is 0 Å². The van der Waals surface area contributed by atoms with Gasteiger partial charge >= 0.3 is 0 Å². The summed E-state index contributed by atoms with van der Waals surface area (Å²) in [5, 5.41) is 0. The van der Waals surface area contributed by atoms with Gasteiger partial charge in [0.1, 0.15) is 0 Å². The summed E-state index contributed by atoms with van der Waals surface area (Å²) in [7, 11) is 4.21. The molecule has 1 heterocycles. The summed E-state index contributed by atoms with van der Waals surface area (Å²) in [6.07, 6.45) is 1.04. The molecular weight excluding hydrogens is 332 g/mol. The van der Waals surface area contributed by atoms with Crippen LogP contribution in [-0.4, -0.2) is 55.9 Å². The molecule has 0 amide bonds. The molecule has 3 rings (SSSR count). The maximum atomic E-state index is 13.4. The lowest BCUT2D eigenvalue weighted by molar-refractivity contribution is 0.0769. The number of aryl methyl sites for hydroxylation is 1. The van der Waals surface area contributed by atoms with E-state index in [-0.39, 0.29) is 11.7 Å². The Morgan fingerprint density at radius 2 is 1.81 bits per heavy atom. The average Bonchev–Trinajstić information content (AvgIpc) is 2.68. The number of piperidine rings is 1. The van der Waals surface area contributed by atoms with Gasteiger partial charge in [-0.3, -0.25) is 4.79 Å². The van der Waals surface area contributed by atoms with Gasteiger partial charge in [-0.1, -0.05) is 48.5 Å². The first-order chi connectivity index (χ1) is 13.0. The summed E-state index contributed by atoms with van der Waals surface area (Å²) in [6.45, 7) is 8.32. The Balaban J connectivity index is 1.89. The monoisotopic (exact) mass is 364 g/mol. The van der Waals surface area contributed by atoms with Crippen molar-refractivity contribution in [3.63, 3.8) is 0 Å². The predicted molar refractivity (Wildman–Crippen MR) is 113 cm³/mol. The van der Waals surface area contributed by atoms with Crippen LogP contribution in [0.1, 0.15) is 39.4 Å². The number of nitrogens with zero attached hydrogens (tertiary/aromatic N) is 2. The van der Waals surface area contributed by atoms with E-state index in [2.05, 4.69) is 55.9 Å². The molecule has 2 aromatic carbocycles. The molecular formula is C24H32N2O. The van der Waals surface area contributed by atoms with E-state index in [1.165, 1.54) is 16.7 Å². The number of benzene rings is 2. The van der Waals surface area contributed by atoms with Crippen molar-refractivity contribution in [2.75, 3.05) is 40.3 Å². The third kappa shape index (κ3) is 4.66. The molecule has 0 aliphatic carbocycles. The van der Waals surface area contributed by atoms with Gasteiger partial charge in [0.25, 0.3) is 0 Å². The van der Waals surface area contributed by atoms with E-state index in [1.807, 2.05) is 30.3 Å². The van der Waals surface area contributed by atoms with Crippen molar-refractivity contribution in [3.8, 4) is 0 Å². The van der Waals surface area contributed by atoms with E-state index in [0.29, 0.717) is 5.92 Å². The SMILES string of the molecule is Cc1cccc([C@H]2CCN(CCN(C)C)C[C@H]2C(=O)c2ccccc2)c1C. The predicted octanol–water partition coefficient (Wildman–Crippen LogP) is 4.15. The standard InChI is InChI=1S/C24H32N2O/c1-18-9-8-12-21(19(18)2)22-13-14-26(16-15-25(3)4)17-23(22)24(27)20-10-6-5-7-11-20/h5-12,22-23H,13-17H2,1-4H3/t22-,23-/m1/s1. The fraction of sp³-hybridized carbons (Fsp3) is 0.458. The van der Waals surface area contributed by atoms with Crippen LogP contribution in [0.4, 0.5) is 0 Å². The minimum absolute atomic E-state index is 0.0174. The number of likely N-dealkylation sites (tertiary alicyclic amines) is 1. The normalized spacial score (nSPS) is 20.8. The molecule has 0 bridgehead atoms. The van der Waals surface area contributed by atoms with Crippen LogP contribution in [0.3, 0.4) is 0 Å². The van der Waals surface area contributed by atoms with Crippen LogP contribution in [0.15, 0.2) is 48.5 Å². The average molecular weight is 365 g/mol. The van der Waals surface area contributed by atoms with E-state index in [0.717, 1.165) is 38.2 Å². The number of ketones is 1. The molecule has 0 N–H and O–H groups in total. The zero-order valence-electron chi connectivity index (χ0n) is 17.1. The van der Waals surface area contributed by atoms with Gasteiger partial charge in [0.15, 0.2) is 5.78 Å². The lowest BCUT2D eigenvalue weighted by Crippen LogP contribution is -2.45. The molecule has 3 nitrogen and oxygen atoms in total. The second-order valence-electron chi connectivity index (χ2n) is 8.12. The Morgan fingerprint density at radius 1 is 1.07 bits per heavy atom. The minimum atomic E-state index is 0.0174. The summed E-state index contributed by atoms with van der Waals surface area (Å²) >= 11 is 0. The van der Waals surface area contributed by atoms with Crippen molar-refractivity contribution in [2.45, 2.75) is 26.2 Å². The number of Topliss-reactive ketones (excluding diaryl/α,β-unsaturated/α-hetero) is 1. The molecule has 0 unspecified atom stereocenters. The first-order valence-electron chi connectivity index (χ1n) is 10.00. The fourth-order valence-corrected chi connectivity index (χ4v) is 4.19. The maximum Gasteiger partial charge on any atom is 0.167 e. The highest BCUT2D eigenvalue weighted by atomic mass is 16.1. The smallest absolute Gasteiger partial charge is 0.167 e. The van der Waals surface area contributed by atoms with Gasteiger partial charge in [-0.25, -0.2) is 0 Å². The van der Waals surface area contributed by atoms with Crippen molar-refractivity contribution in [3.05, 3.63) is 70.8 Å². The van der Waals surface area contributed by atoms with Crippen molar-refractivity contribution < 1.29 is 4.79 Å². The van der Waals surface area contributed by atoms with Gasteiger partial charge in [-0.15, -0.1) is 0 Å². The number of carbonyl (C=O) groups is 1. The quantitative estimate of drug-likeness (QED) is 0.719. The zero-order valence-corrected chi connectivity index (χ0v) is 17.1. The molecule has 0 spiro atoms. The molecule has 0 saturated carbocycles. The van der Waals surface area contributed by atoms with Crippen LogP contribution in [0.5, 0.6) is 0 Å². The second kappa shape index (κ2) is 8.81. The van der Waals surface area contributed by atoms with E-state index in [1.54, 1.807) is 0 Å². The number of hydrogen-bond donors (Lipinski definition) is 0. The van der Waals surface area contributed by atoms with Gasteiger partial charge in [0.2, 0.25) is 0 Å². The van der Waals surface area contributed by atoms with Crippen molar-refractivity contribution in [2.24, 2.45) is 5.92 Å². The fourth-order valence-electron chi connectivity index (χ4n) is 4.19. The molecule has 0 aromatic heterocycles. The summed E-state index contributed by atoms with van der Waals surface area (Å²) in [5.41, 5.74) is 4.85. The molecule has 1 fully saturated rings. The third-order valence-electron chi connectivity index (χ3n) is 6.00. The van der Waals surface area contributed by atoms with Crippen molar-refractivity contribution >= 4 is 5.78 Å². The number of hydrogen-bond acceptors (Lipinski definition) is 3. The number of carbonyl (C=O) groups excluding carboxylic acids is 1. The molecule has 144 valence electrons. The Labute approximate surface area is 164 Å². The van der Waals surface area contributed by atoms with E-state index < -0.39 is 0 Å². The lowest BCUT2D eigenvalue weighted by Gasteiger charge is -2.39. The van der Waals surface area contributed by atoms with Gasteiger partial charge in [0, 0.05) is 31.1 Å². The van der Waals surface area contributed by atoms with Crippen LogP contribution in [0.25, 0.3) is 0 Å². The van der Waals surface area contributed by atoms with Crippen LogP contribution in [0.2, 0.25) is 0 Å². The van der Waals surface area contributed by atoms with E-state index in [9.17, 15) is 4.79 Å². The van der Waals surface area contributed by atoms with Crippen LogP contribution in [0, 0.1) is 19.8 Å². The highest BCUT2D eigenvalue weighted by molar-refractivity contribution is 5.98. The Hall–Kier alpha value is -1.97. The van der Waals surface area contributed by atoms with E-state index in [4.69, 9.17) is 0 Å². The third-order valence-corrected chi connectivity index (χ3v) is 6.00. The first-order valence-corrected chi connectivity index (χ1v) is 10.00. The molecule has 0 radical (unpaired) electrons. The molecule has 1 saturated heterocycles. The molecule has 3 heteroatoms. The summed E-state index contributed by atoms with van der Waals surface area (Å²) in [5.74, 6) is 0.605. The van der Waals surface area contributed by atoms with Gasteiger partial charge < -0.3 is 9.80 Å². The molecule has 1 aliphatic heterocycles. The zero-order chi connectivity index (χ0) is 19.4. The largest absolute Gasteiger partial charge is 0.308 e. The second-order valence-corrected chi connectivity index (χ2v) is 8.12. The molecule has 2 aromatic rings. The Kier molecular flexibility index (Phi) is 6.46. The van der Waals surface area contributed by atoms with Crippen molar-refractivity contribution in [1.82, 2.24) is 9.80 Å². The topological polar surface area (TPSA) is 23.6 Å². The maximum absolute atomic E-state index is 13.4. The van der Waals surface area contributed by atoms with Crippen molar-refractivity contribution in [1.29, 1.82) is 0 Å². The van der Waals surface area contributed by atoms with Crippen LogP contribution in [-0.2, 0) is 0 Å². The number of likely N-dealkylation sites (N-methyl/N-ethyl adjacent to an activating group) is 1. The summed E-state index contributed by atoms with van der Waals surface area (Å²) in [6, 6.07) is 16.4. The molecule has 2 atom stereocenters. The Bertz CT molecular complexity index is 769. The van der Waals surface area contributed by atoms with E-state index >= 15 is 0 Å². The first kappa shape index (κ1) is 19.8. The lowest BCUT2D eigenvalue weighted by atomic mass is 9.75. The highest BCUT2D eigenvalue weighted by Crippen LogP contribution is 2.37. The molecule has 1 aliphatic rings.